The van der Waals surface area contributed by atoms with Gasteiger partial charge in [-0.1, -0.05) is 48.6 Å². The van der Waals surface area contributed by atoms with Crippen molar-refractivity contribution in [2.24, 2.45) is 0 Å². The third kappa shape index (κ3) is 7.10. The van der Waals surface area contributed by atoms with E-state index in [2.05, 4.69) is 20.1 Å². The molecule has 0 unspecified atom stereocenters. The summed E-state index contributed by atoms with van der Waals surface area (Å²) in [4.78, 5) is 48.5. The molecule has 0 bridgehead atoms. The third-order valence-electron chi connectivity index (χ3n) is 4.02. The average Bonchev–Trinajstić information content (AvgIpc) is 2.84. The fourth-order valence-electron chi connectivity index (χ4n) is 2.41. The molecule has 2 amide bonds. The molecular weight excluding hydrogens is 412 g/mol. The van der Waals surface area contributed by atoms with E-state index in [4.69, 9.17) is 0 Å². The second-order valence-electron chi connectivity index (χ2n) is 6.17. The minimum Gasteiger partial charge on any atom is -0.464 e. The summed E-state index contributed by atoms with van der Waals surface area (Å²) >= 11 is 0. The van der Waals surface area contributed by atoms with Crippen LogP contribution in [0.1, 0.15) is 20.7 Å². The first-order chi connectivity index (χ1) is 15.5. The van der Waals surface area contributed by atoms with Gasteiger partial charge in [-0.3, -0.25) is 9.59 Å². The van der Waals surface area contributed by atoms with Crippen molar-refractivity contribution >= 4 is 23.8 Å². The van der Waals surface area contributed by atoms with Crippen LogP contribution < -0.4 is 10.6 Å². The Morgan fingerprint density at radius 3 is 1.28 bits per heavy atom. The molecule has 0 atom stereocenters. The van der Waals surface area contributed by atoms with Crippen molar-refractivity contribution in [2.45, 2.75) is 0 Å². The van der Waals surface area contributed by atoms with Crippen LogP contribution >= 0.6 is 0 Å². The van der Waals surface area contributed by atoms with Gasteiger partial charge in [-0.2, -0.15) is 0 Å². The lowest BCUT2D eigenvalue weighted by Gasteiger charge is -2.08. The number of allylic oxidation sites excluding steroid dienone is 4. The molecule has 2 N–H and O–H groups in total. The van der Waals surface area contributed by atoms with Crippen molar-refractivity contribution in [3.63, 3.8) is 0 Å². The Morgan fingerprint density at radius 1 is 0.625 bits per heavy atom. The highest BCUT2D eigenvalue weighted by Crippen LogP contribution is 2.04. The molecule has 0 aromatic heterocycles. The first kappa shape index (κ1) is 23.8. The predicted molar refractivity (Wildman–Crippen MR) is 117 cm³/mol. The van der Waals surface area contributed by atoms with Gasteiger partial charge >= 0.3 is 11.9 Å². The van der Waals surface area contributed by atoms with E-state index in [1.807, 2.05) is 0 Å². The molecule has 32 heavy (non-hydrogen) atoms. The average molecular weight is 434 g/mol. The van der Waals surface area contributed by atoms with Crippen molar-refractivity contribution in [2.75, 3.05) is 14.2 Å². The number of carbonyl (C=O) groups excluding carboxylic acids is 4. The summed E-state index contributed by atoms with van der Waals surface area (Å²) in [7, 11) is 2.37. The minimum atomic E-state index is -0.756. The lowest BCUT2D eigenvalue weighted by Crippen LogP contribution is -2.28. The molecular formula is C24H22N2O6. The smallest absolute Gasteiger partial charge is 0.354 e. The molecule has 0 aliphatic rings. The molecule has 0 fully saturated rings. The maximum atomic E-state index is 12.3. The van der Waals surface area contributed by atoms with Gasteiger partial charge < -0.3 is 20.1 Å². The molecule has 2 aromatic rings. The van der Waals surface area contributed by atoms with Gasteiger partial charge in [-0.05, 0) is 36.4 Å². The first-order valence-corrected chi connectivity index (χ1v) is 9.44. The summed E-state index contributed by atoms with van der Waals surface area (Å²) in [5.74, 6) is -2.49. The Labute approximate surface area is 185 Å². The number of methoxy groups -OCH3 is 2. The van der Waals surface area contributed by atoms with E-state index in [-0.39, 0.29) is 11.4 Å². The Morgan fingerprint density at radius 2 is 0.969 bits per heavy atom. The molecule has 164 valence electrons. The quantitative estimate of drug-likeness (QED) is 0.375. The highest BCUT2D eigenvalue weighted by molar-refractivity contribution is 6.02. The topological polar surface area (TPSA) is 111 Å². The highest BCUT2D eigenvalue weighted by Gasteiger charge is 2.15. The van der Waals surface area contributed by atoms with Crippen LogP contribution in [-0.4, -0.2) is 38.0 Å². The monoisotopic (exact) mass is 434 g/mol. The number of hydrogen-bond donors (Lipinski definition) is 2. The molecule has 0 saturated heterocycles. The number of esters is 2. The molecule has 2 rings (SSSR count). The maximum absolute atomic E-state index is 12.3. The standard InChI is InChI=1S/C24H22N2O6/c1-31-23(29)19(25-21(27)17-11-5-3-6-12-17)15-9-10-16-20(24(30)32-2)26-22(28)18-13-7-4-8-14-18/h3-16H,1-2H3,(H,25,27)(H,26,28)/b10-9?,19-15-,20-16?. The molecule has 0 spiro atoms. The maximum Gasteiger partial charge on any atom is 0.354 e. The van der Waals surface area contributed by atoms with Crippen molar-refractivity contribution < 1.29 is 28.7 Å². The van der Waals surface area contributed by atoms with E-state index in [1.165, 1.54) is 38.5 Å². The number of nitrogens with one attached hydrogen (secondary N) is 2. The van der Waals surface area contributed by atoms with Gasteiger partial charge in [-0.25, -0.2) is 9.59 Å². The van der Waals surface area contributed by atoms with E-state index >= 15 is 0 Å². The second kappa shape index (κ2) is 12.3. The molecule has 2 aromatic carbocycles. The van der Waals surface area contributed by atoms with Crippen LogP contribution in [0.3, 0.4) is 0 Å². The van der Waals surface area contributed by atoms with Crippen LogP contribution in [0.2, 0.25) is 0 Å². The van der Waals surface area contributed by atoms with Gasteiger partial charge in [0.2, 0.25) is 0 Å². The molecule has 0 saturated carbocycles. The number of rotatable bonds is 8. The Kier molecular flexibility index (Phi) is 9.14. The first-order valence-electron chi connectivity index (χ1n) is 9.44. The van der Waals surface area contributed by atoms with Gasteiger partial charge in [0.15, 0.2) is 0 Å². The van der Waals surface area contributed by atoms with E-state index in [0.29, 0.717) is 11.1 Å². The Hall–Kier alpha value is -4.46. The zero-order valence-electron chi connectivity index (χ0n) is 17.5. The predicted octanol–water partition coefficient (Wildman–Crippen LogP) is 2.52. The van der Waals surface area contributed by atoms with Gasteiger partial charge in [0, 0.05) is 11.1 Å². The highest BCUT2D eigenvalue weighted by atomic mass is 16.5. The third-order valence-corrected chi connectivity index (χ3v) is 4.02. The molecule has 8 nitrogen and oxygen atoms in total. The van der Waals surface area contributed by atoms with E-state index < -0.39 is 23.8 Å². The lowest BCUT2D eigenvalue weighted by atomic mass is 10.2. The van der Waals surface area contributed by atoms with E-state index in [1.54, 1.807) is 60.7 Å². The van der Waals surface area contributed by atoms with E-state index in [9.17, 15) is 19.2 Å². The van der Waals surface area contributed by atoms with Gasteiger partial charge in [0.1, 0.15) is 11.4 Å². The van der Waals surface area contributed by atoms with Crippen LogP contribution in [0.25, 0.3) is 0 Å². The molecule has 0 radical (unpaired) electrons. The van der Waals surface area contributed by atoms with Crippen LogP contribution in [0, 0.1) is 0 Å². The summed E-state index contributed by atoms with van der Waals surface area (Å²) in [5.41, 5.74) is 0.503. The van der Waals surface area contributed by atoms with Crippen LogP contribution in [0.4, 0.5) is 0 Å². The lowest BCUT2D eigenvalue weighted by molar-refractivity contribution is -0.137. The Bertz CT molecular complexity index is 971. The summed E-state index contributed by atoms with van der Waals surface area (Å²) in [6.07, 6.45) is 5.40. The summed E-state index contributed by atoms with van der Waals surface area (Å²) < 4.78 is 9.36. The largest absolute Gasteiger partial charge is 0.464 e. The summed E-state index contributed by atoms with van der Waals surface area (Å²) in [6.45, 7) is 0. The van der Waals surface area contributed by atoms with Gasteiger partial charge in [-0.15, -0.1) is 0 Å². The Balaban J connectivity index is 2.18. The van der Waals surface area contributed by atoms with E-state index in [0.717, 1.165) is 0 Å². The number of amides is 2. The van der Waals surface area contributed by atoms with Crippen molar-refractivity contribution in [3.05, 3.63) is 107 Å². The second-order valence-corrected chi connectivity index (χ2v) is 6.17. The normalized spacial score (nSPS) is 11.6. The molecule has 0 heterocycles. The number of carbonyl (C=O) groups is 4. The zero-order chi connectivity index (χ0) is 23.3. The molecule has 0 aliphatic carbocycles. The van der Waals surface area contributed by atoms with Crippen molar-refractivity contribution in [1.29, 1.82) is 0 Å². The number of benzene rings is 2. The fraction of sp³-hybridized carbons (Fsp3) is 0.0833. The minimum absolute atomic E-state index is 0.112. The number of hydrogen-bond acceptors (Lipinski definition) is 6. The van der Waals surface area contributed by atoms with Gasteiger partial charge in [0.05, 0.1) is 14.2 Å². The fourth-order valence-corrected chi connectivity index (χ4v) is 2.41. The van der Waals surface area contributed by atoms with Crippen molar-refractivity contribution in [3.8, 4) is 0 Å². The van der Waals surface area contributed by atoms with Crippen molar-refractivity contribution in [1.82, 2.24) is 10.6 Å². The molecule has 8 heteroatoms. The van der Waals surface area contributed by atoms with Gasteiger partial charge in [0.25, 0.3) is 11.8 Å². The number of ether oxygens (including phenoxy) is 2. The molecule has 0 aliphatic heterocycles. The summed E-state index contributed by atoms with van der Waals surface area (Å²) in [5, 5.41) is 4.95. The SMILES string of the molecule is COC(=O)C(=CC=C/C=C(\NC(=O)c1ccccc1)C(=O)OC)NC(=O)c1ccccc1. The summed E-state index contributed by atoms with van der Waals surface area (Å²) in [6, 6.07) is 16.7. The van der Waals surface area contributed by atoms with Crippen LogP contribution in [-0.2, 0) is 19.1 Å². The van der Waals surface area contributed by atoms with Crippen LogP contribution in [0.5, 0.6) is 0 Å². The van der Waals surface area contributed by atoms with Crippen LogP contribution in [0.15, 0.2) is 96.4 Å². The zero-order valence-corrected chi connectivity index (χ0v) is 17.5.